The van der Waals surface area contributed by atoms with Crippen LogP contribution in [0.2, 0.25) is 5.02 Å². The molecule has 9 heteroatoms. The monoisotopic (exact) mass is 549 g/mol. The van der Waals surface area contributed by atoms with Crippen LogP contribution in [0.1, 0.15) is 63.1 Å². The van der Waals surface area contributed by atoms with Gasteiger partial charge in [0.1, 0.15) is 6.04 Å². The highest BCUT2D eigenvalue weighted by molar-refractivity contribution is 7.92. The number of hydrogen-bond donors (Lipinski definition) is 1. The maximum atomic E-state index is 13.5. The molecule has 0 aromatic heterocycles. The second kappa shape index (κ2) is 13.8. The summed E-state index contributed by atoms with van der Waals surface area (Å²) in [5.41, 5.74) is 3.39. The van der Waals surface area contributed by atoms with Crippen LogP contribution in [-0.4, -0.2) is 50.0 Å². The van der Waals surface area contributed by atoms with Gasteiger partial charge in [-0.2, -0.15) is 0 Å². The van der Waals surface area contributed by atoms with E-state index in [1.807, 2.05) is 65.0 Å². The van der Waals surface area contributed by atoms with Crippen LogP contribution in [0.3, 0.4) is 0 Å². The Morgan fingerprint density at radius 1 is 1.03 bits per heavy atom. The lowest BCUT2D eigenvalue weighted by molar-refractivity contribution is -0.141. The molecule has 0 aliphatic rings. The van der Waals surface area contributed by atoms with Crippen molar-refractivity contribution >= 4 is 39.1 Å². The third-order valence-electron chi connectivity index (χ3n) is 6.62. The Kier molecular flexibility index (Phi) is 11.4. The molecule has 0 unspecified atom stereocenters. The molecule has 0 aliphatic carbocycles. The van der Waals surface area contributed by atoms with Crippen molar-refractivity contribution in [2.45, 2.75) is 78.9 Å². The van der Waals surface area contributed by atoms with Crippen molar-refractivity contribution in [1.82, 2.24) is 10.2 Å². The summed E-state index contributed by atoms with van der Waals surface area (Å²) in [6.45, 7) is 10.0. The van der Waals surface area contributed by atoms with Crippen molar-refractivity contribution < 1.29 is 18.0 Å². The van der Waals surface area contributed by atoms with Crippen LogP contribution in [0, 0.1) is 13.8 Å². The Labute approximate surface area is 227 Å². The Bertz CT molecular complexity index is 1190. The highest BCUT2D eigenvalue weighted by Crippen LogP contribution is 2.23. The van der Waals surface area contributed by atoms with Gasteiger partial charge in [-0.05, 0) is 74.9 Å². The fourth-order valence-corrected chi connectivity index (χ4v) is 5.21. The molecule has 2 amide bonds. The largest absolute Gasteiger partial charge is 0.352 e. The molecule has 2 rings (SSSR count). The summed E-state index contributed by atoms with van der Waals surface area (Å²) in [5.74, 6) is -0.426. The molecule has 0 saturated heterocycles. The van der Waals surface area contributed by atoms with Gasteiger partial charge < -0.3 is 10.2 Å². The normalized spacial score (nSPS) is 13.1. The van der Waals surface area contributed by atoms with Crippen molar-refractivity contribution in [2.24, 2.45) is 0 Å². The third-order valence-corrected chi connectivity index (χ3v) is 8.18. The lowest BCUT2D eigenvalue weighted by Gasteiger charge is -2.32. The van der Waals surface area contributed by atoms with Gasteiger partial charge in [0.05, 0.1) is 11.9 Å². The van der Waals surface area contributed by atoms with E-state index in [1.54, 1.807) is 17.0 Å². The SMILES string of the molecule is CC[C@@H](C)NC(=O)[C@@H](CC)N(Cc1ccccc1Cl)C(=O)CCCN(c1ccc(C)c(C)c1)S(C)(=O)=O. The smallest absolute Gasteiger partial charge is 0.243 e. The minimum Gasteiger partial charge on any atom is -0.352 e. The number of carbonyl (C=O) groups is 2. The Balaban J connectivity index is 2.25. The molecule has 0 aliphatic heterocycles. The molecule has 2 aromatic carbocycles. The molecule has 0 heterocycles. The Morgan fingerprint density at radius 3 is 2.27 bits per heavy atom. The minimum absolute atomic E-state index is 0.0138. The number of anilines is 1. The average molecular weight is 550 g/mol. The van der Waals surface area contributed by atoms with Gasteiger partial charge in [-0.1, -0.05) is 49.7 Å². The van der Waals surface area contributed by atoms with E-state index < -0.39 is 16.1 Å². The van der Waals surface area contributed by atoms with Crippen molar-refractivity contribution in [3.63, 3.8) is 0 Å². The number of aryl methyl sites for hydroxylation is 2. The lowest BCUT2D eigenvalue weighted by atomic mass is 10.1. The maximum Gasteiger partial charge on any atom is 0.243 e. The lowest BCUT2D eigenvalue weighted by Crippen LogP contribution is -2.50. The van der Waals surface area contributed by atoms with Gasteiger partial charge in [-0.15, -0.1) is 0 Å². The summed E-state index contributed by atoms with van der Waals surface area (Å²) in [4.78, 5) is 28.2. The number of benzene rings is 2. The molecule has 0 radical (unpaired) electrons. The topological polar surface area (TPSA) is 86.8 Å². The second-order valence-corrected chi connectivity index (χ2v) is 11.9. The summed E-state index contributed by atoms with van der Waals surface area (Å²) in [6, 6.07) is 12.1. The molecule has 0 bridgehead atoms. The van der Waals surface area contributed by atoms with Crippen molar-refractivity contribution in [3.8, 4) is 0 Å². The second-order valence-electron chi connectivity index (χ2n) is 9.56. The van der Waals surface area contributed by atoms with Crippen molar-refractivity contribution in [2.75, 3.05) is 17.1 Å². The first-order valence-electron chi connectivity index (χ1n) is 12.8. The molecule has 0 fully saturated rings. The van der Waals surface area contributed by atoms with Crippen LogP contribution in [0.25, 0.3) is 0 Å². The van der Waals surface area contributed by atoms with Gasteiger partial charge in [0.2, 0.25) is 21.8 Å². The zero-order valence-corrected chi connectivity index (χ0v) is 24.3. The van der Waals surface area contributed by atoms with Crippen molar-refractivity contribution in [1.29, 1.82) is 0 Å². The average Bonchev–Trinajstić information content (AvgIpc) is 2.83. The zero-order valence-electron chi connectivity index (χ0n) is 22.8. The predicted molar refractivity (Wildman–Crippen MR) is 151 cm³/mol. The molecule has 37 heavy (non-hydrogen) atoms. The summed E-state index contributed by atoms with van der Waals surface area (Å²) < 4.78 is 26.4. The van der Waals surface area contributed by atoms with Crippen LogP contribution in [0.4, 0.5) is 5.69 Å². The Morgan fingerprint density at radius 2 is 1.70 bits per heavy atom. The highest BCUT2D eigenvalue weighted by atomic mass is 35.5. The number of carbonyl (C=O) groups excluding carboxylic acids is 2. The molecule has 204 valence electrons. The fourth-order valence-electron chi connectivity index (χ4n) is 4.06. The summed E-state index contributed by atoms with van der Waals surface area (Å²) in [6.07, 6.45) is 2.78. The van der Waals surface area contributed by atoms with Gasteiger partial charge >= 0.3 is 0 Å². The van der Waals surface area contributed by atoms with Gasteiger partial charge in [-0.25, -0.2) is 8.42 Å². The molecular formula is C28H40ClN3O4S. The molecular weight excluding hydrogens is 510 g/mol. The predicted octanol–water partition coefficient (Wildman–Crippen LogP) is 5.23. The highest BCUT2D eigenvalue weighted by Gasteiger charge is 2.30. The number of nitrogens with zero attached hydrogens (tertiary/aromatic N) is 2. The van der Waals surface area contributed by atoms with Gasteiger partial charge in [0, 0.05) is 30.6 Å². The zero-order chi connectivity index (χ0) is 27.8. The number of nitrogens with one attached hydrogen (secondary N) is 1. The van der Waals surface area contributed by atoms with E-state index in [4.69, 9.17) is 11.6 Å². The van der Waals surface area contributed by atoms with E-state index >= 15 is 0 Å². The number of amides is 2. The first kappa shape index (κ1) is 30.6. The summed E-state index contributed by atoms with van der Waals surface area (Å²) >= 11 is 6.38. The van der Waals surface area contributed by atoms with Crippen LogP contribution >= 0.6 is 11.6 Å². The number of rotatable bonds is 13. The quantitative estimate of drug-likeness (QED) is 0.371. The van der Waals surface area contributed by atoms with E-state index in [0.717, 1.165) is 23.1 Å². The van der Waals surface area contributed by atoms with E-state index in [2.05, 4.69) is 5.32 Å². The third kappa shape index (κ3) is 8.75. The first-order valence-corrected chi connectivity index (χ1v) is 15.0. The summed E-state index contributed by atoms with van der Waals surface area (Å²) in [5, 5.41) is 3.51. The first-order chi connectivity index (χ1) is 17.4. The van der Waals surface area contributed by atoms with Gasteiger partial charge in [0.25, 0.3) is 0 Å². The van der Waals surface area contributed by atoms with Crippen LogP contribution in [0.15, 0.2) is 42.5 Å². The molecule has 1 N–H and O–H groups in total. The van der Waals surface area contributed by atoms with Crippen LogP contribution < -0.4 is 9.62 Å². The number of hydrogen-bond acceptors (Lipinski definition) is 4. The van der Waals surface area contributed by atoms with Gasteiger partial charge in [-0.3, -0.25) is 13.9 Å². The molecule has 2 aromatic rings. The minimum atomic E-state index is -3.54. The molecule has 0 saturated carbocycles. The standard InChI is InChI=1S/C28H40ClN3O4S/c1-7-22(5)30-28(34)26(8-2)31(19-23-12-9-10-13-25(23)29)27(33)14-11-17-32(37(6,35)36)24-16-15-20(3)21(4)18-24/h9-10,12-13,15-16,18,22,26H,7-8,11,14,17,19H2,1-6H3,(H,30,34)/t22-,26-/m1/s1. The molecule has 7 nitrogen and oxygen atoms in total. The fraction of sp³-hybridized carbons (Fsp3) is 0.500. The number of halogens is 1. The van der Waals surface area contributed by atoms with E-state index in [9.17, 15) is 18.0 Å². The number of sulfonamides is 1. The molecule has 0 spiro atoms. The van der Waals surface area contributed by atoms with Crippen molar-refractivity contribution in [3.05, 3.63) is 64.2 Å². The van der Waals surface area contributed by atoms with E-state index in [0.29, 0.717) is 23.6 Å². The van der Waals surface area contributed by atoms with E-state index in [-0.39, 0.29) is 37.4 Å². The Hall–Kier alpha value is -2.58. The van der Waals surface area contributed by atoms with Gasteiger partial charge in [0.15, 0.2) is 0 Å². The molecule has 2 atom stereocenters. The van der Waals surface area contributed by atoms with Crippen LogP contribution in [-0.2, 0) is 26.2 Å². The maximum absolute atomic E-state index is 13.5. The summed E-state index contributed by atoms with van der Waals surface area (Å²) in [7, 11) is -3.54. The van der Waals surface area contributed by atoms with E-state index in [1.165, 1.54) is 10.6 Å². The van der Waals surface area contributed by atoms with Crippen LogP contribution in [0.5, 0.6) is 0 Å².